The molecular weight excluding hydrogens is 632 g/mol. The van der Waals surface area contributed by atoms with E-state index in [4.69, 9.17) is 0 Å². The number of hydrogen-bond donors (Lipinski definition) is 0. The summed E-state index contributed by atoms with van der Waals surface area (Å²) in [5, 5.41) is 0. The van der Waals surface area contributed by atoms with E-state index in [2.05, 4.69) is 27.7 Å². The molecule has 0 atom stereocenters. The maximum absolute atomic E-state index is 2.34. The summed E-state index contributed by atoms with van der Waals surface area (Å²) in [6.45, 7) is 9.36. The first-order valence-electron chi connectivity index (χ1n) is 25.2. The molecule has 0 saturated heterocycles. The second-order valence-corrected chi connectivity index (χ2v) is 22.9. The number of rotatable bonds is 46. The Morgan fingerprint density at radius 2 is 0.275 bits per heavy atom. The van der Waals surface area contributed by atoms with Crippen LogP contribution < -0.4 is 0 Å². The Kier molecular flexibility index (Phi) is 45.2. The Labute approximate surface area is 328 Å². The molecule has 0 aromatic rings. The van der Waals surface area contributed by atoms with E-state index < -0.39 is 7.26 Å². The summed E-state index contributed by atoms with van der Waals surface area (Å²) < 4.78 is 0. The minimum absolute atomic E-state index is 1.16. The molecule has 0 fully saturated rings. The number of hydrogen-bond acceptors (Lipinski definition) is 0. The molecule has 0 aromatic carbocycles. The van der Waals surface area contributed by atoms with Gasteiger partial charge in [0.2, 0.25) is 0 Å². The zero-order valence-electron chi connectivity index (χ0n) is 37.0. The van der Waals surface area contributed by atoms with Crippen molar-refractivity contribution in [2.24, 2.45) is 0 Å². The summed E-state index contributed by atoms with van der Waals surface area (Å²) in [5.41, 5.74) is 0. The van der Waals surface area contributed by atoms with Gasteiger partial charge in [0.25, 0.3) is 0 Å². The van der Waals surface area contributed by atoms with Crippen molar-refractivity contribution in [3.8, 4) is 0 Å². The van der Waals surface area contributed by atoms with Crippen LogP contribution in [0.15, 0.2) is 0 Å². The van der Waals surface area contributed by atoms with Gasteiger partial charge in [0, 0.05) is 0 Å². The Balaban J connectivity index is 4.87. The molecule has 1 heteroatoms. The van der Waals surface area contributed by atoms with Gasteiger partial charge in [-0.15, -0.1) is 0 Å². The summed E-state index contributed by atoms with van der Waals surface area (Å²) in [6, 6.07) is 0. The number of unbranched alkanes of at least 4 members (excludes halogenated alkanes) is 38. The van der Waals surface area contributed by atoms with Crippen LogP contribution in [0.3, 0.4) is 0 Å². The van der Waals surface area contributed by atoms with Gasteiger partial charge in [0.1, 0.15) is 0 Å². The second-order valence-electron chi connectivity index (χ2n) is 17.9. The van der Waals surface area contributed by atoms with Crippen LogP contribution in [-0.4, -0.2) is 24.6 Å². The molecule has 0 unspecified atom stereocenters. The van der Waals surface area contributed by atoms with Gasteiger partial charge in [0.05, 0.1) is 0 Å². The molecule has 0 spiro atoms. The molecule has 0 amide bonds. The van der Waals surface area contributed by atoms with E-state index >= 15 is 0 Å². The Hall–Kier alpha value is 0.430. The standard InChI is InChI=1S/C50H105P/c1-5-9-13-17-21-25-29-30-34-38-42-46-50-51(47-43-39-35-31-26-22-18-14-10-6-2,48-44-40-36-32-27-23-19-15-11-7-3)49-45-41-37-33-28-24-20-16-12-8-4/h51H,5-50H2,1-4H3. The van der Waals surface area contributed by atoms with Crippen molar-refractivity contribution in [3.63, 3.8) is 0 Å². The molecule has 310 valence electrons. The summed E-state index contributed by atoms with van der Waals surface area (Å²) >= 11 is 0. The van der Waals surface area contributed by atoms with Crippen LogP contribution in [0.5, 0.6) is 0 Å². The monoisotopic (exact) mass is 737 g/mol. The van der Waals surface area contributed by atoms with E-state index in [0.29, 0.717) is 0 Å². The Bertz CT molecular complexity index is 538. The maximum atomic E-state index is 2.34. The Morgan fingerprint density at radius 3 is 0.412 bits per heavy atom. The molecular formula is C50H105P. The van der Waals surface area contributed by atoms with Crippen LogP contribution in [0, 0.1) is 0 Å². The molecule has 0 N–H and O–H groups in total. The van der Waals surface area contributed by atoms with Gasteiger partial charge in [-0.3, -0.25) is 0 Å². The predicted octanol–water partition coefficient (Wildman–Crippen LogP) is 19.2. The fourth-order valence-electron chi connectivity index (χ4n) is 9.05. The van der Waals surface area contributed by atoms with E-state index in [1.54, 1.807) is 56.8 Å². The SMILES string of the molecule is CCCCCCCCCCCCCC[PH](CCCCCCCCCCCC)(CCCCCCCCCCCC)CCCCCCCCCCCC. The van der Waals surface area contributed by atoms with Crippen molar-refractivity contribution in [1.29, 1.82) is 0 Å². The predicted molar refractivity (Wildman–Crippen MR) is 244 cm³/mol. The van der Waals surface area contributed by atoms with Gasteiger partial charge in [-0.1, -0.05) is 13.3 Å². The third-order valence-electron chi connectivity index (χ3n) is 12.7. The van der Waals surface area contributed by atoms with Crippen LogP contribution in [0.1, 0.15) is 297 Å². The molecule has 0 saturated carbocycles. The van der Waals surface area contributed by atoms with Crippen molar-refractivity contribution in [1.82, 2.24) is 0 Å². The van der Waals surface area contributed by atoms with Crippen molar-refractivity contribution in [2.45, 2.75) is 297 Å². The molecule has 0 aliphatic rings. The Morgan fingerprint density at radius 1 is 0.157 bits per heavy atom. The average molecular weight is 737 g/mol. The third kappa shape index (κ3) is 39.9. The fraction of sp³-hybridized carbons (Fsp3) is 1.00. The van der Waals surface area contributed by atoms with Crippen molar-refractivity contribution in [3.05, 3.63) is 0 Å². The van der Waals surface area contributed by atoms with Gasteiger partial charge >= 0.3 is 316 Å². The van der Waals surface area contributed by atoms with Crippen molar-refractivity contribution < 1.29 is 0 Å². The van der Waals surface area contributed by atoms with Crippen LogP contribution >= 0.6 is 7.26 Å². The molecule has 51 heavy (non-hydrogen) atoms. The minimum atomic E-state index is -1.16. The van der Waals surface area contributed by atoms with Crippen LogP contribution in [-0.2, 0) is 0 Å². The van der Waals surface area contributed by atoms with E-state index in [0.717, 1.165) is 0 Å². The fourth-order valence-corrected chi connectivity index (χ4v) is 14.6. The molecule has 0 aromatic heterocycles. The van der Waals surface area contributed by atoms with Gasteiger partial charge in [-0.05, 0) is 0 Å². The molecule has 0 bridgehead atoms. The van der Waals surface area contributed by atoms with Crippen molar-refractivity contribution >= 4 is 7.26 Å². The van der Waals surface area contributed by atoms with Crippen LogP contribution in [0.4, 0.5) is 0 Å². The normalized spacial score (nSPS) is 12.3. The van der Waals surface area contributed by atoms with E-state index in [-0.39, 0.29) is 0 Å². The molecule has 0 nitrogen and oxygen atoms in total. The topological polar surface area (TPSA) is 0 Å². The van der Waals surface area contributed by atoms with Crippen LogP contribution in [0.25, 0.3) is 0 Å². The van der Waals surface area contributed by atoms with E-state index in [9.17, 15) is 0 Å². The molecule has 0 rings (SSSR count). The molecule has 0 heterocycles. The van der Waals surface area contributed by atoms with E-state index in [1.165, 1.54) is 238 Å². The van der Waals surface area contributed by atoms with Gasteiger partial charge in [0.15, 0.2) is 0 Å². The third-order valence-corrected chi connectivity index (χ3v) is 18.4. The van der Waals surface area contributed by atoms with Gasteiger partial charge in [-0.2, -0.15) is 0 Å². The second kappa shape index (κ2) is 44.8. The van der Waals surface area contributed by atoms with Gasteiger partial charge in [-0.25, -0.2) is 0 Å². The first-order chi connectivity index (χ1) is 25.2. The quantitative estimate of drug-likeness (QED) is 0.0431. The molecule has 0 radical (unpaired) electrons. The first-order valence-corrected chi connectivity index (χ1v) is 28.1. The summed E-state index contributed by atoms with van der Waals surface area (Å²) in [7, 11) is -1.16. The van der Waals surface area contributed by atoms with Gasteiger partial charge < -0.3 is 0 Å². The molecule has 0 aliphatic carbocycles. The zero-order valence-corrected chi connectivity index (χ0v) is 38.0. The zero-order chi connectivity index (χ0) is 37.0. The summed E-state index contributed by atoms with van der Waals surface area (Å²) in [4.78, 5) is 0. The van der Waals surface area contributed by atoms with Crippen LogP contribution in [0.2, 0.25) is 0 Å². The average Bonchev–Trinajstić information content (AvgIpc) is 3.14. The summed E-state index contributed by atoms with van der Waals surface area (Å²) in [6.07, 6.45) is 69.5. The van der Waals surface area contributed by atoms with Crippen molar-refractivity contribution in [2.75, 3.05) is 24.6 Å². The van der Waals surface area contributed by atoms with E-state index in [1.807, 2.05) is 0 Å². The first kappa shape index (κ1) is 51.4. The molecule has 0 aliphatic heterocycles. The summed E-state index contributed by atoms with van der Waals surface area (Å²) in [5.74, 6) is 0.